The Kier molecular flexibility index (Phi) is 8.03. The van der Waals surface area contributed by atoms with E-state index in [9.17, 15) is 22.8 Å². The lowest BCUT2D eigenvalue weighted by molar-refractivity contribution is -0.137. The Morgan fingerprint density at radius 2 is 1.36 bits per heavy atom. The van der Waals surface area contributed by atoms with E-state index in [1.165, 1.54) is 12.1 Å². The number of anilines is 1. The summed E-state index contributed by atoms with van der Waals surface area (Å²) in [6.45, 7) is 1.09. The predicted molar refractivity (Wildman–Crippen MR) is 166 cm³/mol. The summed E-state index contributed by atoms with van der Waals surface area (Å²) >= 11 is 0. The van der Waals surface area contributed by atoms with E-state index in [0.29, 0.717) is 48.3 Å². The summed E-state index contributed by atoms with van der Waals surface area (Å²) < 4.78 is 39.1. The zero-order valence-corrected chi connectivity index (χ0v) is 23.8. The number of alkyl halides is 3. The van der Waals surface area contributed by atoms with Crippen molar-refractivity contribution in [2.75, 3.05) is 11.9 Å². The number of hydrogen-bond donors (Lipinski definition) is 1. The topological polar surface area (TPSA) is 49.4 Å². The van der Waals surface area contributed by atoms with Crippen LogP contribution < -0.4 is 5.32 Å². The number of carbonyl (C=O) groups excluding carboxylic acids is 2. The van der Waals surface area contributed by atoms with Crippen LogP contribution in [0, 0.1) is 0 Å². The number of halogens is 3. The number of carbonyl (C=O) groups is 2. The van der Waals surface area contributed by atoms with E-state index < -0.39 is 11.7 Å². The molecular formula is C37H29F3N2O2. The Bertz CT molecular complexity index is 1800. The zero-order valence-electron chi connectivity index (χ0n) is 23.8. The van der Waals surface area contributed by atoms with Crippen molar-refractivity contribution in [3.8, 4) is 22.3 Å². The average Bonchev–Trinajstić information content (AvgIpc) is 3.05. The van der Waals surface area contributed by atoms with Crippen LogP contribution in [-0.2, 0) is 30.4 Å². The smallest absolute Gasteiger partial charge is 0.338 e. The molecule has 1 heterocycles. The van der Waals surface area contributed by atoms with Crippen molar-refractivity contribution >= 4 is 17.5 Å². The van der Waals surface area contributed by atoms with Crippen molar-refractivity contribution in [3.63, 3.8) is 0 Å². The second kappa shape index (κ2) is 12.2. The minimum atomic E-state index is -4.43. The van der Waals surface area contributed by atoms with Crippen molar-refractivity contribution in [2.24, 2.45) is 0 Å². The van der Waals surface area contributed by atoms with Gasteiger partial charge in [-0.1, -0.05) is 91.0 Å². The maximum Gasteiger partial charge on any atom is 0.416 e. The predicted octanol–water partition coefficient (Wildman–Crippen LogP) is 8.42. The monoisotopic (exact) mass is 590 g/mol. The van der Waals surface area contributed by atoms with Gasteiger partial charge in [0.15, 0.2) is 0 Å². The van der Waals surface area contributed by atoms with Crippen LogP contribution in [0.4, 0.5) is 18.9 Å². The lowest BCUT2D eigenvalue weighted by Gasteiger charge is -2.29. The van der Waals surface area contributed by atoms with Gasteiger partial charge >= 0.3 is 6.18 Å². The summed E-state index contributed by atoms with van der Waals surface area (Å²) in [6, 6.07) is 35.5. The molecule has 5 aromatic carbocycles. The lowest BCUT2D eigenvalue weighted by atomic mass is 9.97. The van der Waals surface area contributed by atoms with Crippen LogP contribution in [0.1, 0.15) is 32.6 Å². The summed E-state index contributed by atoms with van der Waals surface area (Å²) in [5.74, 6) is -0.285. The van der Waals surface area contributed by atoms with Crippen LogP contribution in [0.3, 0.4) is 0 Å². The quantitative estimate of drug-likeness (QED) is 0.216. The first-order chi connectivity index (χ1) is 21.2. The third-order valence-electron chi connectivity index (χ3n) is 7.94. The van der Waals surface area contributed by atoms with E-state index in [1.54, 1.807) is 24.3 Å². The van der Waals surface area contributed by atoms with Crippen molar-refractivity contribution in [1.29, 1.82) is 0 Å². The summed E-state index contributed by atoms with van der Waals surface area (Å²) in [6.07, 6.45) is -3.43. The van der Waals surface area contributed by atoms with Gasteiger partial charge in [0.2, 0.25) is 5.91 Å². The van der Waals surface area contributed by atoms with Crippen molar-refractivity contribution in [3.05, 3.63) is 149 Å². The van der Waals surface area contributed by atoms with Crippen LogP contribution in [0.5, 0.6) is 0 Å². The normalized spacial score (nSPS) is 12.8. The fourth-order valence-electron chi connectivity index (χ4n) is 5.55. The van der Waals surface area contributed by atoms with E-state index in [1.807, 2.05) is 65.6 Å². The molecule has 44 heavy (non-hydrogen) atoms. The van der Waals surface area contributed by atoms with E-state index in [2.05, 4.69) is 17.4 Å². The third kappa shape index (κ3) is 6.42. The first kappa shape index (κ1) is 28.9. The molecule has 1 aliphatic heterocycles. The van der Waals surface area contributed by atoms with E-state index >= 15 is 0 Å². The maximum absolute atomic E-state index is 13.3. The Labute approximate surface area is 253 Å². The molecule has 7 heteroatoms. The minimum Gasteiger partial charge on any atom is -0.338 e. The van der Waals surface area contributed by atoms with Gasteiger partial charge in [-0.25, -0.2) is 0 Å². The van der Waals surface area contributed by atoms with Gasteiger partial charge in [0, 0.05) is 24.3 Å². The number of amides is 2. The highest BCUT2D eigenvalue weighted by molar-refractivity contribution is 6.08. The largest absolute Gasteiger partial charge is 0.416 e. The van der Waals surface area contributed by atoms with Crippen LogP contribution in [-0.4, -0.2) is 23.3 Å². The van der Waals surface area contributed by atoms with Gasteiger partial charge in [0.05, 0.1) is 12.0 Å². The molecule has 0 atom stereocenters. The number of fused-ring (bicyclic) bond motifs is 1. The van der Waals surface area contributed by atoms with E-state index in [4.69, 9.17) is 0 Å². The standard InChI is InChI=1S/C37H29F3N2O2/c38-37(39,40)31-17-14-28(15-18-31)33-8-4-5-9-34(33)36(44)41-32-19-16-30-24-42(21-20-29(30)23-32)35(43)22-25-10-12-27(13-11-25)26-6-2-1-3-7-26/h1-19,23H,20-22,24H2,(H,41,44). The maximum atomic E-state index is 13.3. The first-order valence-electron chi connectivity index (χ1n) is 14.4. The van der Waals surface area contributed by atoms with Gasteiger partial charge in [0.1, 0.15) is 0 Å². The molecule has 6 rings (SSSR count). The molecule has 1 N–H and O–H groups in total. The lowest BCUT2D eigenvalue weighted by Crippen LogP contribution is -2.37. The Hall–Kier alpha value is -5.17. The second-order valence-electron chi connectivity index (χ2n) is 10.9. The number of benzene rings is 5. The van der Waals surface area contributed by atoms with Gasteiger partial charge < -0.3 is 10.2 Å². The molecule has 1 aliphatic rings. The molecule has 0 spiro atoms. The summed E-state index contributed by atoms with van der Waals surface area (Å²) in [5.41, 5.74) is 6.61. The van der Waals surface area contributed by atoms with Crippen LogP contribution in [0.25, 0.3) is 22.3 Å². The molecule has 0 saturated carbocycles. The van der Waals surface area contributed by atoms with Crippen molar-refractivity contribution in [2.45, 2.75) is 25.6 Å². The number of nitrogens with one attached hydrogen (secondary N) is 1. The van der Waals surface area contributed by atoms with Crippen molar-refractivity contribution < 1.29 is 22.8 Å². The van der Waals surface area contributed by atoms with Crippen LogP contribution >= 0.6 is 0 Å². The highest BCUT2D eigenvalue weighted by Crippen LogP contribution is 2.32. The van der Waals surface area contributed by atoms with E-state index in [0.717, 1.165) is 39.9 Å². The number of rotatable bonds is 6. The van der Waals surface area contributed by atoms with Gasteiger partial charge in [-0.15, -0.1) is 0 Å². The molecule has 0 aromatic heterocycles. The highest BCUT2D eigenvalue weighted by Gasteiger charge is 2.30. The highest BCUT2D eigenvalue weighted by atomic mass is 19.4. The van der Waals surface area contributed by atoms with Gasteiger partial charge in [0.25, 0.3) is 5.91 Å². The van der Waals surface area contributed by atoms with Crippen LogP contribution in [0.15, 0.2) is 121 Å². The second-order valence-corrected chi connectivity index (χ2v) is 10.9. The Morgan fingerprint density at radius 3 is 2.09 bits per heavy atom. The summed E-state index contributed by atoms with van der Waals surface area (Å²) in [5, 5.41) is 2.94. The molecular weight excluding hydrogens is 561 g/mol. The molecule has 2 amide bonds. The molecule has 5 aromatic rings. The minimum absolute atomic E-state index is 0.0698. The molecule has 0 bridgehead atoms. The van der Waals surface area contributed by atoms with Gasteiger partial charge in [-0.3, -0.25) is 9.59 Å². The number of nitrogens with zero attached hydrogens (tertiary/aromatic N) is 1. The van der Waals surface area contributed by atoms with Gasteiger partial charge in [-0.2, -0.15) is 13.2 Å². The van der Waals surface area contributed by atoms with Crippen LogP contribution in [0.2, 0.25) is 0 Å². The molecule has 0 radical (unpaired) electrons. The third-order valence-corrected chi connectivity index (χ3v) is 7.94. The first-order valence-corrected chi connectivity index (χ1v) is 14.4. The Balaban J connectivity index is 1.10. The molecule has 220 valence electrons. The average molecular weight is 591 g/mol. The number of hydrogen-bond acceptors (Lipinski definition) is 2. The SMILES string of the molecule is O=C(Nc1ccc2c(c1)CCN(C(=O)Cc1ccc(-c3ccccc3)cc1)C2)c1ccccc1-c1ccc(C(F)(F)F)cc1. The van der Waals surface area contributed by atoms with E-state index in [-0.39, 0.29) is 11.8 Å². The molecule has 0 unspecified atom stereocenters. The van der Waals surface area contributed by atoms with Gasteiger partial charge in [-0.05, 0) is 75.7 Å². The fourth-order valence-corrected chi connectivity index (χ4v) is 5.55. The fraction of sp³-hybridized carbons (Fsp3) is 0.135. The molecule has 0 aliphatic carbocycles. The molecule has 0 saturated heterocycles. The summed E-state index contributed by atoms with van der Waals surface area (Å²) in [7, 11) is 0. The summed E-state index contributed by atoms with van der Waals surface area (Å²) in [4.78, 5) is 28.3. The Morgan fingerprint density at radius 1 is 0.705 bits per heavy atom. The molecule has 4 nitrogen and oxygen atoms in total. The van der Waals surface area contributed by atoms with Crippen molar-refractivity contribution in [1.82, 2.24) is 4.90 Å². The zero-order chi connectivity index (χ0) is 30.7. The molecule has 0 fully saturated rings.